The van der Waals surface area contributed by atoms with Gasteiger partial charge in [-0.15, -0.1) is 0 Å². The minimum Gasteiger partial charge on any atom is -0.480 e. The van der Waals surface area contributed by atoms with Crippen LogP contribution in [0.3, 0.4) is 0 Å². The second-order valence-electron chi connectivity index (χ2n) is 17.2. The lowest BCUT2D eigenvalue weighted by atomic mass is 9.32. The Morgan fingerprint density at radius 2 is 1.59 bits per heavy atom. The van der Waals surface area contributed by atoms with E-state index in [-0.39, 0.29) is 11.3 Å². The van der Waals surface area contributed by atoms with Crippen LogP contribution in [0.1, 0.15) is 138 Å². The molecule has 234 valence electrons. The first kappa shape index (κ1) is 31.3. The molecule has 5 rings (SSSR count). The van der Waals surface area contributed by atoms with Gasteiger partial charge in [-0.3, -0.25) is 4.79 Å². The number of fused-ring (bicyclic) bond motifs is 7. The average molecular weight is 571 g/mol. The number of carboxylic acid groups (broad SMARTS) is 1. The summed E-state index contributed by atoms with van der Waals surface area (Å²) in [6.45, 7) is 18.2. The second kappa shape index (κ2) is 10.8. The number of unbranched alkanes of at least 4 members (excludes halogenated alkanes) is 1. The van der Waals surface area contributed by atoms with Crippen molar-refractivity contribution in [1.29, 1.82) is 0 Å². The van der Waals surface area contributed by atoms with Crippen molar-refractivity contribution in [3.05, 3.63) is 0 Å². The molecular weight excluding hydrogens is 508 g/mol. The van der Waals surface area contributed by atoms with Crippen LogP contribution in [-0.4, -0.2) is 29.6 Å². The molecule has 5 fully saturated rings. The molecule has 5 aliphatic rings. The van der Waals surface area contributed by atoms with E-state index in [0.29, 0.717) is 41.0 Å². The van der Waals surface area contributed by atoms with E-state index >= 15 is 0 Å². The third kappa shape index (κ3) is 4.63. The molecule has 1 amide bonds. The van der Waals surface area contributed by atoms with E-state index in [1.807, 2.05) is 0 Å². The van der Waals surface area contributed by atoms with Crippen LogP contribution in [0.5, 0.6) is 0 Å². The van der Waals surface area contributed by atoms with Crippen molar-refractivity contribution in [2.24, 2.45) is 68.3 Å². The van der Waals surface area contributed by atoms with Gasteiger partial charge in [-0.25, -0.2) is 4.79 Å². The van der Waals surface area contributed by atoms with E-state index in [0.717, 1.165) is 55.8 Å². The highest BCUT2D eigenvalue weighted by molar-refractivity contribution is 5.87. The van der Waals surface area contributed by atoms with Gasteiger partial charge in [-0.1, -0.05) is 54.9 Å². The molecule has 0 saturated heterocycles. The highest BCUT2D eigenvalue weighted by Gasteiger charge is 2.70. The lowest BCUT2D eigenvalue weighted by Gasteiger charge is -2.72. The van der Waals surface area contributed by atoms with E-state index in [2.05, 4.69) is 53.8 Å². The number of carbonyl (C=O) groups excluding carboxylic acids is 1. The van der Waals surface area contributed by atoms with Gasteiger partial charge in [0.1, 0.15) is 6.04 Å². The van der Waals surface area contributed by atoms with Crippen LogP contribution in [-0.2, 0) is 9.59 Å². The molecule has 5 heteroatoms. The van der Waals surface area contributed by atoms with Crippen molar-refractivity contribution in [3.63, 3.8) is 0 Å². The molecule has 41 heavy (non-hydrogen) atoms. The molecule has 5 aliphatic carbocycles. The molecule has 5 saturated carbocycles. The summed E-state index contributed by atoms with van der Waals surface area (Å²) >= 11 is 0. The summed E-state index contributed by atoms with van der Waals surface area (Å²) in [4.78, 5) is 26.1. The monoisotopic (exact) mass is 570 g/mol. The van der Waals surface area contributed by atoms with Gasteiger partial charge < -0.3 is 16.2 Å². The van der Waals surface area contributed by atoms with Gasteiger partial charge in [0.2, 0.25) is 5.91 Å². The highest BCUT2D eigenvalue weighted by Crippen LogP contribution is 2.77. The Balaban J connectivity index is 1.42. The van der Waals surface area contributed by atoms with E-state index in [1.165, 1.54) is 51.4 Å². The van der Waals surface area contributed by atoms with E-state index in [9.17, 15) is 14.7 Å². The molecule has 0 aliphatic heterocycles. The van der Waals surface area contributed by atoms with Gasteiger partial charge in [-0.2, -0.15) is 0 Å². The van der Waals surface area contributed by atoms with Crippen LogP contribution >= 0.6 is 0 Å². The summed E-state index contributed by atoms with van der Waals surface area (Å²) in [6.07, 6.45) is 15.7. The van der Waals surface area contributed by atoms with Gasteiger partial charge in [0.05, 0.1) is 0 Å². The summed E-state index contributed by atoms with van der Waals surface area (Å²) in [5.41, 5.74) is 6.45. The maximum Gasteiger partial charge on any atom is 0.326 e. The standard InChI is InChI=1S/C36H62N2O3/c1-23(2)24-14-18-32(3)20-21-35(6)25(29(24)32)12-13-28-33(4)16-10-17-34(5,27(33)15-19-36(28,35)7)31(41)38-26(30(39)40)11-8-9-22-37/h23-29H,8-22,37H2,1-7H3,(H,38,41)(H,39,40)/t24-,25+,26-,27+,28-,29+,32+,33-,34+,35+,36+/m0/s1. The van der Waals surface area contributed by atoms with Crippen molar-refractivity contribution < 1.29 is 14.7 Å². The van der Waals surface area contributed by atoms with Crippen molar-refractivity contribution in [2.45, 2.75) is 144 Å². The predicted molar refractivity (Wildman–Crippen MR) is 166 cm³/mol. The molecule has 5 nitrogen and oxygen atoms in total. The van der Waals surface area contributed by atoms with E-state index in [1.54, 1.807) is 0 Å². The number of amides is 1. The quantitative estimate of drug-likeness (QED) is 0.260. The first-order chi connectivity index (χ1) is 19.2. The number of aliphatic carboxylic acids is 1. The minimum absolute atomic E-state index is 0.0174. The first-order valence-electron chi connectivity index (χ1n) is 17.4. The molecule has 0 bridgehead atoms. The molecule has 0 heterocycles. The van der Waals surface area contributed by atoms with Crippen molar-refractivity contribution in [3.8, 4) is 0 Å². The summed E-state index contributed by atoms with van der Waals surface area (Å²) in [5, 5.41) is 12.9. The average Bonchev–Trinajstić information content (AvgIpc) is 3.26. The number of nitrogens with two attached hydrogens (primary N) is 1. The van der Waals surface area contributed by atoms with Gasteiger partial charge >= 0.3 is 5.97 Å². The topological polar surface area (TPSA) is 92.4 Å². The Labute approximate surface area is 250 Å². The Hall–Kier alpha value is -1.10. The van der Waals surface area contributed by atoms with Crippen LogP contribution in [0.4, 0.5) is 0 Å². The molecule has 4 N–H and O–H groups in total. The zero-order chi connectivity index (χ0) is 30.0. The third-order valence-corrected chi connectivity index (χ3v) is 15.3. The number of carboxylic acids is 1. The molecule has 0 aromatic rings. The molecule has 0 spiro atoms. The summed E-state index contributed by atoms with van der Waals surface area (Å²) < 4.78 is 0. The molecule has 11 atom stereocenters. The Kier molecular flexibility index (Phi) is 8.26. The van der Waals surface area contributed by atoms with Crippen LogP contribution < -0.4 is 11.1 Å². The lowest BCUT2D eigenvalue weighted by molar-refractivity contribution is -0.237. The minimum atomic E-state index is -0.920. The second-order valence-corrected chi connectivity index (χ2v) is 17.2. The fourth-order valence-electron chi connectivity index (χ4n) is 12.9. The Morgan fingerprint density at radius 3 is 2.24 bits per heavy atom. The molecule has 0 unspecified atom stereocenters. The summed E-state index contributed by atoms with van der Waals surface area (Å²) in [7, 11) is 0. The number of hydrogen-bond donors (Lipinski definition) is 3. The van der Waals surface area contributed by atoms with Crippen molar-refractivity contribution in [1.82, 2.24) is 5.32 Å². The first-order valence-corrected chi connectivity index (χ1v) is 17.4. The summed E-state index contributed by atoms with van der Waals surface area (Å²) in [6, 6.07) is -0.820. The number of rotatable bonds is 8. The fourth-order valence-corrected chi connectivity index (χ4v) is 12.9. The zero-order valence-corrected chi connectivity index (χ0v) is 27.5. The van der Waals surface area contributed by atoms with Crippen LogP contribution in [0, 0.1) is 62.6 Å². The Bertz CT molecular complexity index is 1010. The van der Waals surface area contributed by atoms with Crippen LogP contribution in [0.25, 0.3) is 0 Å². The lowest BCUT2D eigenvalue weighted by Crippen LogP contribution is -2.67. The molecule has 0 radical (unpaired) electrons. The largest absolute Gasteiger partial charge is 0.480 e. The zero-order valence-electron chi connectivity index (χ0n) is 27.5. The maximum atomic E-state index is 14.1. The highest BCUT2D eigenvalue weighted by atomic mass is 16.4. The van der Waals surface area contributed by atoms with E-state index in [4.69, 9.17) is 5.73 Å². The van der Waals surface area contributed by atoms with Gasteiger partial charge in [0.25, 0.3) is 0 Å². The molecular formula is C36H62N2O3. The van der Waals surface area contributed by atoms with Crippen molar-refractivity contribution >= 4 is 11.9 Å². The van der Waals surface area contributed by atoms with E-state index < -0.39 is 17.4 Å². The predicted octanol–water partition coefficient (Wildman–Crippen LogP) is 7.81. The molecule has 0 aromatic heterocycles. The Morgan fingerprint density at radius 1 is 0.854 bits per heavy atom. The smallest absolute Gasteiger partial charge is 0.326 e. The fraction of sp³-hybridized carbons (Fsp3) is 0.944. The van der Waals surface area contributed by atoms with Crippen LogP contribution in [0.2, 0.25) is 0 Å². The number of carbonyl (C=O) groups is 2. The third-order valence-electron chi connectivity index (χ3n) is 15.3. The van der Waals surface area contributed by atoms with Gasteiger partial charge in [0, 0.05) is 5.41 Å². The number of hydrogen-bond acceptors (Lipinski definition) is 3. The SMILES string of the molecule is CC(C)[C@@H]1CC[C@]2(C)CC[C@]3(C)[C@H](CC[C@H]4[C@@]5(C)CCC[C@@](C)(C(=O)N[C@@H](CCCCN)C(=O)O)[C@@H]5CC[C@]43C)[C@@H]12. The van der Waals surface area contributed by atoms with Crippen molar-refractivity contribution in [2.75, 3.05) is 6.54 Å². The number of nitrogens with one attached hydrogen (secondary N) is 1. The maximum absolute atomic E-state index is 14.1. The van der Waals surface area contributed by atoms with Gasteiger partial charge in [-0.05, 0) is 147 Å². The summed E-state index contributed by atoms with van der Waals surface area (Å²) in [5.74, 6) is 3.32. The van der Waals surface area contributed by atoms with Crippen LogP contribution in [0.15, 0.2) is 0 Å². The molecule has 0 aromatic carbocycles. The normalized spacial score (nSPS) is 48.0. The van der Waals surface area contributed by atoms with Gasteiger partial charge in [0.15, 0.2) is 0 Å².